The van der Waals surface area contributed by atoms with Gasteiger partial charge >= 0.3 is 0 Å². The van der Waals surface area contributed by atoms with E-state index in [4.69, 9.17) is 5.73 Å². The monoisotopic (exact) mass is 304 g/mol. The lowest BCUT2D eigenvalue weighted by atomic mass is 10.1. The molecule has 2 aromatic rings. The summed E-state index contributed by atoms with van der Waals surface area (Å²) in [5, 5.41) is 0. The Morgan fingerprint density at radius 1 is 1.11 bits per heavy atom. The molecule has 94 valence electrons. The summed E-state index contributed by atoms with van der Waals surface area (Å²) in [5.41, 5.74) is 10.2. The van der Waals surface area contributed by atoms with Gasteiger partial charge < -0.3 is 10.6 Å². The molecule has 0 radical (unpaired) electrons. The average molecular weight is 305 g/mol. The van der Waals surface area contributed by atoms with E-state index in [-0.39, 0.29) is 0 Å². The second-order valence-electron chi connectivity index (χ2n) is 4.53. The summed E-state index contributed by atoms with van der Waals surface area (Å²) in [4.78, 5) is 2.22. The summed E-state index contributed by atoms with van der Waals surface area (Å²) < 4.78 is 1.14. The first-order chi connectivity index (χ1) is 8.56. The van der Waals surface area contributed by atoms with E-state index in [1.165, 1.54) is 16.8 Å². The summed E-state index contributed by atoms with van der Waals surface area (Å²) in [7, 11) is 2.09. The van der Waals surface area contributed by atoms with Gasteiger partial charge in [0.05, 0.1) is 0 Å². The lowest BCUT2D eigenvalue weighted by Crippen LogP contribution is -2.16. The number of hydrogen-bond donors (Lipinski definition) is 1. The Morgan fingerprint density at radius 3 is 2.39 bits per heavy atom. The second kappa shape index (κ2) is 5.44. The Balaban J connectivity index is 2.13. The molecule has 18 heavy (non-hydrogen) atoms. The van der Waals surface area contributed by atoms with Crippen LogP contribution in [-0.4, -0.2) is 7.05 Å². The molecule has 2 N–H and O–H groups in total. The fourth-order valence-corrected chi connectivity index (χ4v) is 2.17. The van der Waals surface area contributed by atoms with Crippen LogP contribution in [0, 0.1) is 6.92 Å². The van der Waals surface area contributed by atoms with Gasteiger partial charge in [0, 0.05) is 29.4 Å². The highest BCUT2D eigenvalue weighted by Crippen LogP contribution is 2.24. The van der Waals surface area contributed by atoms with Gasteiger partial charge in [0.15, 0.2) is 0 Å². The van der Waals surface area contributed by atoms with E-state index >= 15 is 0 Å². The van der Waals surface area contributed by atoms with E-state index in [0.717, 1.165) is 16.7 Å². The molecule has 0 fully saturated rings. The van der Waals surface area contributed by atoms with Crippen LogP contribution in [0.25, 0.3) is 0 Å². The zero-order valence-electron chi connectivity index (χ0n) is 10.7. The number of hydrogen-bond acceptors (Lipinski definition) is 2. The summed E-state index contributed by atoms with van der Waals surface area (Å²) in [6.45, 7) is 2.96. The molecule has 0 aliphatic rings. The Labute approximate surface area is 117 Å². The maximum absolute atomic E-state index is 5.69. The van der Waals surface area contributed by atoms with Crippen LogP contribution in [0.15, 0.2) is 46.9 Å². The fraction of sp³-hybridized carbons (Fsp3) is 0.200. The Hall–Kier alpha value is -1.48. The molecule has 0 spiro atoms. The van der Waals surface area contributed by atoms with Crippen LogP contribution in [0.5, 0.6) is 0 Å². The van der Waals surface area contributed by atoms with E-state index < -0.39 is 0 Å². The van der Waals surface area contributed by atoms with Gasteiger partial charge in [0.25, 0.3) is 0 Å². The molecule has 0 atom stereocenters. The van der Waals surface area contributed by atoms with Crippen molar-refractivity contribution in [3.63, 3.8) is 0 Å². The number of rotatable bonds is 3. The number of halogens is 1. The molecule has 3 heteroatoms. The van der Waals surface area contributed by atoms with Crippen LogP contribution < -0.4 is 10.6 Å². The molecule has 0 aliphatic heterocycles. The van der Waals surface area contributed by atoms with Crippen LogP contribution in [-0.2, 0) is 6.54 Å². The molecule has 2 nitrogen and oxygen atoms in total. The number of nitrogens with two attached hydrogens (primary N) is 1. The first kappa shape index (κ1) is 13.0. The van der Waals surface area contributed by atoms with Crippen LogP contribution in [0.1, 0.15) is 11.1 Å². The van der Waals surface area contributed by atoms with E-state index in [1.54, 1.807) is 0 Å². The third kappa shape index (κ3) is 3.05. The Bertz CT molecular complexity index is 535. The number of anilines is 2. The zero-order valence-corrected chi connectivity index (χ0v) is 12.2. The van der Waals surface area contributed by atoms with Crippen molar-refractivity contribution in [3.05, 3.63) is 58.1 Å². The minimum Gasteiger partial charge on any atom is -0.399 e. The van der Waals surface area contributed by atoms with Gasteiger partial charge in [0.2, 0.25) is 0 Å². The van der Waals surface area contributed by atoms with E-state index in [9.17, 15) is 0 Å². The van der Waals surface area contributed by atoms with Gasteiger partial charge in [-0.05, 0) is 42.3 Å². The first-order valence-corrected chi connectivity index (χ1v) is 6.67. The summed E-state index contributed by atoms with van der Waals surface area (Å²) in [6.07, 6.45) is 0. The predicted molar refractivity (Wildman–Crippen MR) is 81.8 cm³/mol. The lowest BCUT2D eigenvalue weighted by Gasteiger charge is -2.20. The van der Waals surface area contributed by atoms with Gasteiger partial charge in [0.1, 0.15) is 0 Å². The van der Waals surface area contributed by atoms with Crippen LogP contribution in [0.4, 0.5) is 11.4 Å². The SMILES string of the molecule is Cc1ccc(N(C)Cc2ccc(N)cc2)cc1Br. The van der Waals surface area contributed by atoms with Crippen molar-refractivity contribution in [2.24, 2.45) is 0 Å². The van der Waals surface area contributed by atoms with Crippen LogP contribution >= 0.6 is 15.9 Å². The molecule has 0 amide bonds. The zero-order chi connectivity index (χ0) is 13.1. The van der Waals surface area contributed by atoms with E-state index in [1.807, 2.05) is 12.1 Å². The molecule has 2 rings (SSSR count). The van der Waals surface area contributed by atoms with Gasteiger partial charge in [-0.3, -0.25) is 0 Å². The third-order valence-corrected chi connectivity index (χ3v) is 3.85. The molecule has 0 saturated carbocycles. The van der Waals surface area contributed by atoms with Gasteiger partial charge in [-0.15, -0.1) is 0 Å². The highest BCUT2D eigenvalue weighted by Gasteiger charge is 2.04. The minimum atomic E-state index is 0.805. The summed E-state index contributed by atoms with van der Waals surface area (Å²) in [5.74, 6) is 0. The number of aryl methyl sites for hydroxylation is 1. The highest BCUT2D eigenvalue weighted by atomic mass is 79.9. The minimum absolute atomic E-state index is 0.805. The maximum Gasteiger partial charge on any atom is 0.0426 e. The number of benzene rings is 2. The van der Waals surface area contributed by atoms with Crippen molar-refractivity contribution in [1.82, 2.24) is 0 Å². The normalized spacial score (nSPS) is 10.4. The lowest BCUT2D eigenvalue weighted by molar-refractivity contribution is 0.922. The largest absolute Gasteiger partial charge is 0.399 e. The van der Waals surface area contributed by atoms with Crippen molar-refractivity contribution in [1.29, 1.82) is 0 Å². The standard InChI is InChI=1S/C15H17BrN2/c1-11-3-8-14(9-15(11)16)18(2)10-12-4-6-13(17)7-5-12/h3-9H,10,17H2,1-2H3. The van der Waals surface area contributed by atoms with E-state index in [2.05, 4.69) is 65.1 Å². The molecule has 0 aromatic heterocycles. The number of nitrogens with zero attached hydrogens (tertiary/aromatic N) is 1. The van der Waals surface area contributed by atoms with Crippen LogP contribution in [0.3, 0.4) is 0 Å². The van der Waals surface area contributed by atoms with Gasteiger partial charge in [-0.1, -0.05) is 34.1 Å². The van der Waals surface area contributed by atoms with Crippen molar-refractivity contribution in [3.8, 4) is 0 Å². The predicted octanol–water partition coefficient (Wildman–Crippen LogP) is 3.98. The second-order valence-corrected chi connectivity index (χ2v) is 5.39. The molecule has 2 aromatic carbocycles. The quantitative estimate of drug-likeness (QED) is 0.869. The van der Waals surface area contributed by atoms with Crippen molar-refractivity contribution < 1.29 is 0 Å². The number of nitrogen functional groups attached to an aromatic ring is 1. The topological polar surface area (TPSA) is 29.3 Å². The Kier molecular flexibility index (Phi) is 3.92. The summed E-state index contributed by atoms with van der Waals surface area (Å²) >= 11 is 3.57. The van der Waals surface area contributed by atoms with Gasteiger partial charge in [-0.2, -0.15) is 0 Å². The molecular formula is C15H17BrN2. The highest BCUT2D eigenvalue weighted by molar-refractivity contribution is 9.10. The maximum atomic E-state index is 5.69. The summed E-state index contributed by atoms with van der Waals surface area (Å²) in [6, 6.07) is 14.4. The molecule has 0 unspecified atom stereocenters. The first-order valence-electron chi connectivity index (χ1n) is 5.88. The molecule has 0 heterocycles. The molecule has 0 bridgehead atoms. The smallest absolute Gasteiger partial charge is 0.0426 e. The average Bonchev–Trinajstić information content (AvgIpc) is 2.35. The van der Waals surface area contributed by atoms with Crippen molar-refractivity contribution >= 4 is 27.3 Å². The Morgan fingerprint density at radius 2 is 1.78 bits per heavy atom. The molecular weight excluding hydrogens is 288 g/mol. The fourth-order valence-electron chi connectivity index (χ4n) is 1.81. The third-order valence-electron chi connectivity index (χ3n) is 3.00. The van der Waals surface area contributed by atoms with Gasteiger partial charge in [-0.25, -0.2) is 0 Å². The molecule has 0 saturated heterocycles. The van der Waals surface area contributed by atoms with Crippen molar-refractivity contribution in [2.75, 3.05) is 17.7 Å². The van der Waals surface area contributed by atoms with E-state index in [0.29, 0.717) is 0 Å². The van der Waals surface area contributed by atoms with Crippen LogP contribution in [0.2, 0.25) is 0 Å². The molecule has 0 aliphatic carbocycles. The van der Waals surface area contributed by atoms with Crippen molar-refractivity contribution in [2.45, 2.75) is 13.5 Å².